The molecule has 1 saturated heterocycles. The van der Waals surface area contributed by atoms with Crippen molar-refractivity contribution in [3.05, 3.63) is 53.7 Å². The molecule has 5 nitrogen and oxygen atoms in total. The smallest absolute Gasteiger partial charge is 0.433 e. The summed E-state index contributed by atoms with van der Waals surface area (Å²) < 4.78 is 84.0. The Hall–Kier alpha value is -2.98. The van der Waals surface area contributed by atoms with E-state index in [9.17, 15) is 31.1 Å². The number of carbonyl (C=O) groups is 1. The molecule has 2 heterocycles. The van der Waals surface area contributed by atoms with Crippen molar-refractivity contribution in [2.75, 3.05) is 18.0 Å². The van der Waals surface area contributed by atoms with Crippen LogP contribution in [-0.4, -0.2) is 36.3 Å². The third-order valence-corrected chi connectivity index (χ3v) is 6.25. The largest absolute Gasteiger partial charge is 0.489 e. The van der Waals surface area contributed by atoms with E-state index < -0.39 is 35.4 Å². The van der Waals surface area contributed by atoms with Gasteiger partial charge in [0, 0.05) is 13.0 Å². The zero-order valence-corrected chi connectivity index (χ0v) is 18.2. The number of benzene rings is 1. The Morgan fingerprint density at radius 1 is 1.12 bits per heavy atom. The van der Waals surface area contributed by atoms with Crippen LogP contribution in [0.5, 0.6) is 5.75 Å². The summed E-state index contributed by atoms with van der Waals surface area (Å²) in [6.07, 6.45) is -9.15. The van der Waals surface area contributed by atoms with E-state index >= 15 is 0 Å². The van der Waals surface area contributed by atoms with E-state index in [0.29, 0.717) is 30.8 Å². The standard InChI is InChI=1S/C23H23F6N3O2/c1-14(30-20(33)21(10-11-21)23(27,28)29)15-5-7-16(8-6-15)34-17-9-12-32(13-17)19-4-2-3-18(31-19)22(24,25)26/h2-8,14,17H,9-13H2,1H3,(H,30,33)/t14-,17?/m0/s1. The number of carbonyl (C=O) groups excluding carboxylic acids is 1. The number of pyridine rings is 1. The number of alkyl halides is 6. The number of hydrogen-bond donors (Lipinski definition) is 1. The highest BCUT2D eigenvalue weighted by molar-refractivity contribution is 5.86. The van der Waals surface area contributed by atoms with E-state index in [1.807, 2.05) is 0 Å². The monoisotopic (exact) mass is 487 g/mol. The van der Waals surface area contributed by atoms with Gasteiger partial charge in [-0.1, -0.05) is 18.2 Å². The Morgan fingerprint density at radius 2 is 1.79 bits per heavy atom. The molecule has 2 aliphatic rings. The van der Waals surface area contributed by atoms with Crippen LogP contribution < -0.4 is 15.0 Å². The molecule has 2 fully saturated rings. The van der Waals surface area contributed by atoms with E-state index in [0.717, 1.165) is 6.07 Å². The van der Waals surface area contributed by atoms with Crippen LogP contribution >= 0.6 is 0 Å². The SMILES string of the molecule is C[C@H](NC(=O)C1(C(F)(F)F)CC1)c1ccc(OC2CCN(c3cccc(C(F)(F)F)n3)C2)cc1. The fourth-order valence-corrected chi connectivity index (χ4v) is 4.00. The van der Waals surface area contributed by atoms with E-state index in [-0.39, 0.29) is 24.8 Å². The molecule has 1 aliphatic heterocycles. The summed E-state index contributed by atoms with van der Waals surface area (Å²) >= 11 is 0. The minimum atomic E-state index is -4.56. The molecular formula is C23H23F6N3O2. The fraction of sp³-hybridized carbons (Fsp3) is 0.478. The molecule has 2 aromatic rings. The highest BCUT2D eigenvalue weighted by Crippen LogP contribution is 2.57. The number of nitrogens with zero attached hydrogens (tertiary/aromatic N) is 2. The van der Waals surface area contributed by atoms with Gasteiger partial charge in [-0.25, -0.2) is 4.98 Å². The molecule has 0 bridgehead atoms. The summed E-state index contributed by atoms with van der Waals surface area (Å²) in [6, 6.07) is 9.77. The number of amides is 1. The summed E-state index contributed by atoms with van der Waals surface area (Å²) in [4.78, 5) is 17.6. The predicted molar refractivity (Wildman–Crippen MR) is 111 cm³/mol. The molecule has 2 atom stereocenters. The lowest BCUT2D eigenvalue weighted by Gasteiger charge is -2.22. The summed E-state index contributed by atoms with van der Waals surface area (Å²) in [5, 5.41) is 2.44. The lowest BCUT2D eigenvalue weighted by molar-refractivity contribution is -0.192. The number of hydrogen-bond acceptors (Lipinski definition) is 4. The Bertz CT molecular complexity index is 1030. The highest BCUT2D eigenvalue weighted by Gasteiger charge is 2.68. The van der Waals surface area contributed by atoms with Gasteiger partial charge in [-0.05, 0) is 49.6 Å². The molecule has 1 saturated carbocycles. The maximum atomic E-state index is 13.1. The number of ether oxygens (including phenoxy) is 1. The average molecular weight is 487 g/mol. The first kappa shape index (κ1) is 24.2. The third kappa shape index (κ3) is 4.92. The molecule has 11 heteroatoms. The second kappa shape index (κ2) is 8.66. The van der Waals surface area contributed by atoms with Gasteiger partial charge >= 0.3 is 12.4 Å². The van der Waals surface area contributed by atoms with Crippen LogP contribution in [0.25, 0.3) is 0 Å². The highest BCUT2D eigenvalue weighted by atomic mass is 19.4. The van der Waals surface area contributed by atoms with E-state index in [1.165, 1.54) is 12.1 Å². The van der Waals surface area contributed by atoms with Gasteiger partial charge in [-0.3, -0.25) is 4.79 Å². The Labute approximate surface area is 192 Å². The van der Waals surface area contributed by atoms with Gasteiger partial charge < -0.3 is 15.0 Å². The normalized spacial score (nSPS) is 20.7. The van der Waals surface area contributed by atoms with Crippen molar-refractivity contribution in [3.63, 3.8) is 0 Å². The number of aromatic nitrogens is 1. The van der Waals surface area contributed by atoms with E-state index in [2.05, 4.69) is 10.3 Å². The van der Waals surface area contributed by atoms with Crippen LogP contribution in [0.2, 0.25) is 0 Å². The van der Waals surface area contributed by atoms with E-state index in [1.54, 1.807) is 36.1 Å². The molecule has 1 aromatic heterocycles. The van der Waals surface area contributed by atoms with Crippen molar-refractivity contribution in [2.24, 2.45) is 5.41 Å². The summed E-state index contributed by atoms with van der Waals surface area (Å²) in [5.74, 6) is -0.268. The van der Waals surface area contributed by atoms with Gasteiger partial charge in [0.15, 0.2) is 0 Å². The minimum absolute atomic E-state index is 0.198. The average Bonchev–Trinajstić information content (AvgIpc) is 3.48. The molecule has 4 rings (SSSR count). The maximum Gasteiger partial charge on any atom is 0.433 e. The number of nitrogens with one attached hydrogen (secondary N) is 1. The quantitative estimate of drug-likeness (QED) is 0.564. The lowest BCUT2D eigenvalue weighted by atomic mass is 10.0. The van der Waals surface area contributed by atoms with Gasteiger partial charge in [0.1, 0.15) is 28.8 Å². The first-order valence-electron chi connectivity index (χ1n) is 10.8. The zero-order chi connectivity index (χ0) is 24.7. The van der Waals surface area contributed by atoms with Crippen molar-refractivity contribution in [1.82, 2.24) is 10.3 Å². The second-order valence-electron chi connectivity index (χ2n) is 8.70. The second-order valence-corrected chi connectivity index (χ2v) is 8.70. The van der Waals surface area contributed by atoms with Gasteiger partial charge in [-0.15, -0.1) is 0 Å². The van der Waals surface area contributed by atoms with Gasteiger partial charge in [0.05, 0.1) is 12.6 Å². The number of anilines is 1. The maximum absolute atomic E-state index is 13.1. The summed E-state index contributed by atoms with van der Waals surface area (Å²) in [5.41, 5.74) is -2.60. The van der Waals surface area contributed by atoms with Crippen molar-refractivity contribution in [3.8, 4) is 5.75 Å². The fourth-order valence-electron chi connectivity index (χ4n) is 4.00. The van der Waals surface area contributed by atoms with Crippen molar-refractivity contribution < 1.29 is 35.9 Å². The Balaban J connectivity index is 1.33. The molecule has 0 spiro atoms. The molecular weight excluding hydrogens is 464 g/mol. The predicted octanol–water partition coefficient (Wildman–Crippen LogP) is 5.28. The molecule has 1 aromatic carbocycles. The molecule has 1 aliphatic carbocycles. The van der Waals surface area contributed by atoms with Crippen LogP contribution in [0.15, 0.2) is 42.5 Å². The van der Waals surface area contributed by atoms with Crippen LogP contribution in [0.3, 0.4) is 0 Å². The molecule has 0 radical (unpaired) electrons. The van der Waals surface area contributed by atoms with Crippen molar-refractivity contribution in [2.45, 2.75) is 50.7 Å². The third-order valence-electron chi connectivity index (χ3n) is 6.25. The van der Waals surface area contributed by atoms with Gasteiger partial charge in [0.2, 0.25) is 5.91 Å². The molecule has 1 unspecified atom stereocenters. The molecule has 34 heavy (non-hydrogen) atoms. The number of rotatable bonds is 6. The Kier molecular flexibility index (Phi) is 6.15. The van der Waals surface area contributed by atoms with Gasteiger partial charge in [-0.2, -0.15) is 26.3 Å². The van der Waals surface area contributed by atoms with Crippen LogP contribution in [0.1, 0.15) is 43.5 Å². The van der Waals surface area contributed by atoms with Crippen molar-refractivity contribution >= 4 is 11.7 Å². The van der Waals surface area contributed by atoms with Crippen LogP contribution in [-0.2, 0) is 11.0 Å². The molecule has 184 valence electrons. The molecule has 1 N–H and O–H groups in total. The number of halogens is 6. The minimum Gasteiger partial charge on any atom is -0.489 e. The Morgan fingerprint density at radius 3 is 2.38 bits per heavy atom. The van der Waals surface area contributed by atoms with E-state index in [4.69, 9.17) is 4.74 Å². The zero-order valence-electron chi connectivity index (χ0n) is 18.2. The van der Waals surface area contributed by atoms with Gasteiger partial charge in [0.25, 0.3) is 0 Å². The lowest BCUT2D eigenvalue weighted by Crippen LogP contribution is -2.42. The first-order valence-corrected chi connectivity index (χ1v) is 10.8. The molecule has 1 amide bonds. The summed E-state index contributed by atoms with van der Waals surface area (Å²) in [7, 11) is 0. The van der Waals surface area contributed by atoms with Crippen molar-refractivity contribution in [1.29, 1.82) is 0 Å². The first-order chi connectivity index (χ1) is 15.9. The van der Waals surface area contributed by atoms with Crippen LogP contribution in [0.4, 0.5) is 32.2 Å². The van der Waals surface area contributed by atoms with Crippen LogP contribution in [0, 0.1) is 5.41 Å². The topological polar surface area (TPSA) is 54.5 Å². The summed E-state index contributed by atoms with van der Waals surface area (Å²) in [6.45, 7) is 2.46.